The van der Waals surface area contributed by atoms with Gasteiger partial charge in [0.25, 0.3) is 0 Å². The molecule has 0 saturated carbocycles. The van der Waals surface area contributed by atoms with Gasteiger partial charge in [-0.05, 0) is 265 Å². The minimum absolute atomic E-state index is 0.0849. The highest BCUT2D eigenvalue weighted by Crippen LogP contribution is 2.61. The Morgan fingerprint density at radius 2 is 0.812 bits per heavy atom. The lowest BCUT2D eigenvalue weighted by atomic mass is 9.94. The molecule has 0 aromatic carbocycles. The largest absolute Gasteiger partial charge is 0.483 e. The van der Waals surface area contributed by atoms with E-state index < -0.39 is 211 Å². The summed E-state index contributed by atoms with van der Waals surface area (Å²) in [5.41, 5.74) is 20.3. The van der Waals surface area contributed by atoms with Crippen molar-refractivity contribution in [2.24, 2.45) is 5.73 Å². The van der Waals surface area contributed by atoms with Crippen molar-refractivity contribution in [1.82, 2.24) is 31.9 Å². The van der Waals surface area contributed by atoms with Crippen molar-refractivity contribution < 1.29 is 140 Å². The van der Waals surface area contributed by atoms with E-state index in [2.05, 4.69) is 166 Å². The van der Waals surface area contributed by atoms with Gasteiger partial charge in [-0.2, -0.15) is 4.31 Å². The quantitative estimate of drug-likeness (QED) is 0.0153. The molecule has 0 aromatic heterocycles. The molecule has 2 aliphatic rings. The van der Waals surface area contributed by atoms with Gasteiger partial charge in [0.2, 0.25) is 35.4 Å². The molecule has 38 heteroatoms. The zero-order chi connectivity index (χ0) is 100. The molecule has 2 unspecified atom stereocenters. The third kappa shape index (κ3) is 51.5. The van der Waals surface area contributed by atoms with Gasteiger partial charge in [-0.1, -0.05) is 128 Å². The second kappa shape index (κ2) is 63.9. The number of amides is 6. The molecule has 2 saturated heterocycles. The van der Waals surface area contributed by atoms with E-state index in [0.717, 1.165) is 163 Å². The first-order chi connectivity index (χ1) is 62.4. The summed E-state index contributed by atoms with van der Waals surface area (Å²) in [7, 11) is -11.5. The van der Waals surface area contributed by atoms with E-state index in [1.807, 2.05) is 6.92 Å². The number of aliphatic hydroxyl groups is 4. The Morgan fingerprint density at radius 3 is 1.20 bits per heavy atom. The first-order valence-electron chi connectivity index (χ1n) is 45.9. The summed E-state index contributed by atoms with van der Waals surface area (Å²) in [5, 5.41) is 85.3. The maximum atomic E-state index is 14.1. The molecular weight excluding hydrogens is 1770 g/mol. The van der Waals surface area contributed by atoms with Crippen molar-refractivity contribution in [2.75, 3.05) is 19.8 Å². The maximum Gasteiger partial charge on any atom is 0.483 e. The molecule has 133 heavy (non-hydrogen) atoms. The van der Waals surface area contributed by atoms with Crippen LogP contribution in [0.25, 0.3) is 0 Å². The molecule has 36 nitrogen and oxygen atoms in total. The second-order valence-corrected chi connectivity index (χ2v) is 38.1. The average molecular weight is 1920 g/mol. The molecule has 0 aromatic rings. The van der Waals surface area contributed by atoms with Gasteiger partial charge >= 0.3 is 39.5 Å². The lowest BCUT2D eigenvalue weighted by molar-refractivity contribution is -0.331. The van der Waals surface area contributed by atoms with Crippen LogP contribution >= 0.6 is 15.6 Å². The number of ether oxygens (including phenoxy) is 5. The van der Waals surface area contributed by atoms with E-state index in [-0.39, 0.29) is 19.3 Å². The van der Waals surface area contributed by atoms with Gasteiger partial charge in [-0.25, -0.2) is 23.5 Å². The number of nitrogens with one attached hydrogen (secondary N) is 6. The highest BCUT2D eigenvalue weighted by atomic mass is 31.3. The number of carboxylic acids is 3. The molecule has 754 valence electrons. The Bertz CT molecular complexity index is 4220. The van der Waals surface area contributed by atoms with Crippen LogP contribution in [-0.2, 0) is 94.1 Å². The summed E-state index contributed by atoms with van der Waals surface area (Å²) in [5.74, 6) is -12.0. The molecule has 17 N–H and O–H groups in total. The number of phosphoric ester groups is 2. The van der Waals surface area contributed by atoms with Crippen molar-refractivity contribution in [3.8, 4) is 0 Å². The van der Waals surface area contributed by atoms with E-state index in [1.54, 1.807) is 6.92 Å². The number of allylic oxidation sites excluding steroid dienone is 21. The van der Waals surface area contributed by atoms with Gasteiger partial charge in [-0.15, -0.1) is 0 Å². The summed E-state index contributed by atoms with van der Waals surface area (Å²) in [6.07, 6.45) is 23.5. The van der Waals surface area contributed by atoms with E-state index in [1.165, 1.54) is 56.2 Å². The van der Waals surface area contributed by atoms with Gasteiger partial charge < -0.3 is 107 Å². The lowest BCUT2D eigenvalue weighted by Crippen LogP contribution is -2.70. The molecular formula is C95H155N7O29P2. The van der Waals surface area contributed by atoms with E-state index >= 15 is 0 Å². The van der Waals surface area contributed by atoms with Crippen molar-refractivity contribution in [2.45, 2.75) is 389 Å². The van der Waals surface area contributed by atoms with Gasteiger partial charge in [-0.3, -0.25) is 42.6 Å². The number of nitrogens with two attached hydrogens (primary N) is 1. The number of phosphoric acid groups is 2. The second-order valence-electron chi connectivity index (χ2n) is 35.1. The topological polar surface area (TPSA) is 559 Å². The highest BCUT2D eigenvalue weighted by molar-refractivity contribution is 7.61. The van der Waals surface area contributed by atoms with Crippen LogP contribution in [0.5, 0.6) is 0 Å². The Labute approximate surface area is 785 Å². The normalized spacial score (nSPS) is 22.4. The fourth-order valence-electron chi connectivity index (χ4n) is 14.1. The van der Waals surface area contributed by atoms with Crippen LogP contribution in [0.15, 0.2) is 128 Å². The minimum atomic E-state index is -5.97. The number of aliphatic carboxylic acids is 3. The number of aliphatic hydroxyl groups excluding tert-OH is 4. The van der Waals surface area contributed by atoms with E-state index in [4.69, 9.17) is 43.6 Å². The first kappa shape index (κ1) is 121. The molecule has 0 radical (unpaired) electrons. The van der Waals surface area contributed by atoms with Crippen LogP contribution in [-0.4, -0.2) is 228 Å². The number of esters is 1. The molecule has 6 amide bonds. The zero-order valence-corrected chi connectivity index (χ0v) is 82.9. The molecule has 19 atom stereocenters. The number of carboxylic acid groups (broad SMARTS) is 3. The molecule has 2 rings (SSSR count). The average Bonchev–Trinajstić information content (AvgIpc) is 0.765. The highest BCUT2D eigenvalue weighted by Gasteiger charge is 2.55. The number of carbonyl (C=O) groups excluding carboxylic acids is 7. The van der Waals surface area contributed by atoms with Crippen molar-refractivity contribution >= 4 is 75.0 Å². The molecule has 0 bridgehead atoms. The molecule has 0 aliphatic carbocycles. The molecule has 2 heterocycles. The van der Waals surface area contributed by atoms with Crippen LogP contribution in [0.4, 0.5) is 0 Å². The standard InChI is InChI=1S/C95H155N7O29P2/c1-58(2)30-19-31-59(3)32-20-33-60(4)34-21-35-61(5)36-22-37-62(6)38-23-39-63(7)40-24-41-64(8)42-25-43-65(9)44-26-45-66(10)46-27-47-67(11)48-28-49-68(12)54-55-124-132(120,121)131-133(122,123)130-95-82(100-74(18)106)86(85(79(57-104)128-95)129-94-81(99-73(17)105)84(109)83(108)78(56-103)127-94)125-71(15)88(111)97-69(13)87(110)102-77(92(117)118)52-53-80(107)101-76(51-29-50-75(96)91(115)116)89(112)98-70(14)93(119)126-72(16)90(113)114/h30,32,34,36,38,40,42,44,46,48,54,69-72,75-79,81-86,94-95,103-104,108-109H,19-29,31,33,35,37,39,41,43,45,47,49-53,55-57,96H2,1-18H3,(H,97,111)(H,98,112)(H,99,105)(H,100,106)(H,101,107)(H,102,110)(H,113,114)(H,115,116)(H,117,118)(H,120,121)(H,122,123)/b59-32+,60-34+,61-36-,62-38-,63-40-,64-42-,65-44-,66-46-,67-48-,68-54-/t69-,70+,71+,72+,75-,76-,77+,78+,79+,81+,82+,83+,84+,85+,86+,94-,95+/m0/s1. The zero-order valence-electron chi connectivity index (χ0n) is 81.1. The molecule has 2 fully saturated rings. The van der Waals surface area contributed by atoms with Gasteiger partial charge in [0.05, 0.1) is 19.8 Å². The minimum Gasteiger partial charge on any atom is -0.480 e. The fraction of sp³-hybridized carbons (Fsp3) is 0.663. The van der Waals surface area contributed by atoms with Crippen molar-refractivity contribution in [3.63, 3.8) is 0 Å². The third-order valence-electron chi connectivity index (χ3n) is 22.3. The van der Waals surface area contributed by atoms with Gasteiger partial charge in [0, 0.05) is 20.3 Å². The number of carbonyl (C=O) groups is 10. The summed E-state index contributed by atoms with van der Waals surface area (Å²) in [6.45, 7) is 29.4. The summed E-state index contributed by atoms with van der Waals surface area (Å²) < 4.78 is 71.1. The predicted molar refractivity (Wildman–Crippen MR) is 504 cm³/mol. The summed E-state index contributed by atoms with van der Waals surface area (Å²) in [4.78, 5) is 150. The van der Waals surface area contributed by atoms with Crippen molar-refractivity contribution in [1.29, 1.82) is 0 Å². The monoisotopic (exact) mass is 1920 g/mol. The lowest BCUT2D eigenvalue weighted by Gasteiger charge is -2.49. The Morgan fingerprint density at radius 1 is 0.414 bits per heavy atom. The SMILES string of the molecule is CC(=O)N[C@H]1[C@H](O[C@H]2[C@H](O[C@H](C)C(=O)N[C@@H](C)C(=O)N[C@H](CCC(=O)N[C@@H](CCC[C@H](N)C(=O)O)C(=O)N[C@H](C)C(=O)O[C@H](C)C(=O)O)C(=O)O)[C@@H](NC(C)=O)[C@@H](OP(=O)(O)OP(=O)(O)OC/C=C(/C)CC/C=C(/C)CC/C=C(/C)CC/C=C(/C)CC/C=C(/C)CC/C=C(/C)CC/C=C(/C)CC/C=C(/C)CC/C=C(\C)CC/C=C(\C)CCC=C(C)C)O[C@@H]2CO)O[C@H](CO)[C@@H](O)[C@@H]1O. The maximum absolute atomic E-state index is 14.1. The summed E-state index contributed by atoms with van der Waals surface area (Å²) >= 11 is 0. The first-order valence-corrected chi connectivity index (χ1v) is 48.9. The third-order valence-corrected chi connectivity index (χ3v) is 24.9. The Hall–Kier alpha value is -8.26. The summed E-state index contributed by atoms with van der Waals surface area (Å²) in [6, 6.07) is -11.7. The van der Waals surface area contributed by atoms with Crippen LogP contribution in [0.2, 0.25) is 0 Å². The van der Waals surface area contributed by atoms with Gasteiger partial charge in [0.1, 0.15) is 85.0 Å². The Balaban J connectivity index is 2.11. The number of hydrogen-bond donors (Lipinski definition) is 16. The van der Waals surface area contributed by atoms with Crippen LogP contribution < -0.4 is 37.6 Å². The smallest absolute Gasteiger partial charge is 0.480 e. The molecule has 2 aliphatic heterocycles. The van der Waals surface area contributed by atoms with Crippen LogP contribution in [0, 0.1) is 0 Å². The van der Waals surface area contributed by atoms with Crippen LogP contribution in [0.3, 0.4) is 0 Å². The van der Waals surface area contributed by atoms with Gasteiger partial charge in [0.15, 0.2) is 18.7 Å². The fourth-order valence-corrected chi connectivity index (χ4v) is 16.2. The number of hydrogen-bond acceptors (Lipinski definition) is 25. The Kier molecular flexibility index (Phi) is 58.1. The van der Waals surface area contributed by atoms with Crippen LogP contribution in [0.1, 0.15) is 285 Å². The predicted octanol–water partition coefficient (Wildman–Crippen LogP) is 12.2. The van der Waals surface area contributed by atoms with Crippen molar-refractivity contribution in [3.05, 3.63) is 128 Å². The van der Waals surface area contributed by atoms with E-state index in [9.17, 15) is 97.5 Å². The number of rotatable bonds is 64. The van der Waals surface area contributed by atoms with E-state index in [0.29, 0.717) is 18.4 Å². The molecule has 0 spiro atoms.